The number of ether oxygens (including phenoxy) is 1. The average Bonchev–Trinajstić information content (AvgIpc) is 2.76. The van der Waals surface area contributed by atoms with E-state index < -0.39 is 15.8 Å². The highest BCUT2D eigenvalue weighted by atomic mass is 35.5. The number of furan rings is 1. The second-order valence-electron chi connectivity index (χ2n) is 4.91. The standard InChI is InChI=1S/C15H15ClO5S/c1-9-7-10-8-12(16)11(5-4-6-22(3,18)19)13(14(10)21-9)15(17)20-2/h4-5,7-8H,6H2,1-3H3/b5-4+. The minimum absolute atomic E-state index is 0.154. The summed E-state index contributed by atoms with van der Waals surface area (Å²) in [6.45, 7) is 1.76. The van der Waals surface area contributed by atoms with Gasteiger partial charge in [-0.3, -0.25) is 0 Å². The summed E-state index contributed by atoms with van der Waals surface area (Å²) in [5.41, 5.74) is 0.926. The number of hydrogen-bond acceptors (Lipinski definition) is 5. The normalized spacial score (nSPS) is 12.2. The first kappa shape index (κ1) is 16.6. The number of halogens is 1. The molecule has 0 aliphatic carbocycles. The topological polar surface area (TPSA) is 73.6 Å². The van der Waals surface area contributed by atoms with Gasteiger partial charge in [0.05, 0.1) is 12.9 Å². The summed E-state index contributed by atoms with van der Waals surface area (Å²) in [6.07, 6.45) is 4.05. The second kappa shape index (κ2) is 6.14. The van der Waals surface area contributed by atoms with Crippen LogP contribution in [0.2, 0.25) is 5.02 Å². The minimum atomic E-state index is -3.15. The van der Waals surface area contributed by atoms with Crippen LogP contribution in [0.4, 0.5) is 0 Å². The van der Waals surface area contributed by atoms with Crippen molar-refractivity contribution in [3.05, 3.63) is 40.1 Å². The zero-order valence-electron chi connectivity index (χ0n) is 12.3. The van der Waals surface area contributed by atoms with Gasteiger partial charge < -0.3 is 9.15 Å². The molecule has 1 heterocycles. The maximum Gasteiger partial charge on any atom is 0.342 e. The number of carbonyl (C=O) groups excluding carboxylic acids is 1. The summed E-state index contributed by atoms with van der Waals surface area (Å²) in [5, 5.41) is 1.00. The maximum atomic E-state index is 12.1. The molecule has 0 atom stereocenters. The van der Waals surface area contributed by atoms with Crippen molar-refractivity contribution < 1.29 is 22.4 Å². The van der Waals surface area contributed by atoms with Crippen LogP contribution in [0.25, 0.3) is 17.0 Å². The molecular formula is C15H15ClO5S. The molecule has 1 aromatic heterocycles. The smallest absolute Gasteiger partial charge is 0.342 e. The third-order valence-electron chi connectivity index (χ3n) is 2.99. The van der Waals surface area contributed by atoms with E-state index in [-0.39, 0.29) is 11.3 Å². The molecule has 7 heteroatoms. The van der Waals surface area contributed by atoms with Crippen LogP contribution >= 0.6 is 11.6 Å². The highest BCUT2D eigenvalue weighted by molar-refractivity contribution is 7.90. The predicted molar refractivity (Wildman–Crippen MR) is 86.0 cm³/mol. The lowest BCUT2D eigenvalue weighted by molar-refractivity contribution is 0.0601. The third-order valence-corrected chi connectivity index (χ3v) is 4.10. The van der Waals surface area contributed by atoms with E-state index in [1.165, 1.54) is 19.3 Å². The molecule has 0 N–H and O–H groups in total. The number of hydrogen-bond donors (Lipinski definition) is 0. The van der Waals surface area contributed by atoms with Crippen LogP contribution in [0, 0.1) is 6.92 Å². The number of fused-ring (bicyclic) bond motifs is 1. The molecule has 0 aliphatic heterocycles. The van der Waals surface area contributed by atoms with Crippen LogP contribution in [-0.4, -0.2) is 33.5 Å². The average molecular weight is 343 g/mol. The number of methoxy groups -OCH3 is 1. The largest absolute Gasteiger partial charge is 0.465 e. The SMILES string of the molecule is COC(=O)c1c(/C=C/CS(C)(=O)=O)c(Cl)cc2cc(C)oc12. The first-order chi connectivity index (χ1) is 10.2. The number of carbonyl (C=O) groups is 1. The van der Waals surface area contributed by atoms with E-state index in [0.717, 1.165) is 6.26 Å². The molecule has 0 saturated heterocycles. The number of benzene rings is 1. The molecule has 118 valence electrons. The summed E-state index contributed by atoms with van der Waals surface area (Å²) in [7, 11) is -1.89. The first-order valence-corrected chi connectivity index (χ1v) is 8.82. The summed E-state index contributed by atoms with van der Waals surface area (Å²) in [4.78, 5) is 12.1. The molecule has 0 bridgehead atoms. The Hall–Kier alpha value is -1.79. The molecule has 0 amide bonds. The van der Waals surface area contributed by atoms with Gasteiger partial charge in [0.15, 0.2) is 9.84 Å². The molecule has 0 fully saturated rings. The van der Waals surface area contributed by atoms with Crippen molar-refractivity contribution in [3.63, 3.8) is 0 Å². The van der Waals surface area contributed by atoms with Gasteiger partial charge in [-0.1, -0.05) is 23.8 Å². The molecule has 1 aromatic carbocycles. The van der Waals surface area contributed by atoms with Gasteiger partial charge in [-0.25, -0.2) is 13.2 Å². The highest BCUT2D eigenvalue weighted by Crippen LogP contribution is 2.33. The molecule has 2 aromatic rings. The van der Waals surface area contributed by atoms with Crippen molar-refractivity contribution in [2.75, 3.05) is 19.1 Å². The second-order valence-corrected chi connectivity index (χ2v) is 7.50. The van der Waals surface area contributed by atoms with Crippen molar-refractivity contribution in [1.82, 2.24) is 0 Å². The predicted octanol–water partition coefficient (Wildman–Crippen LogP) is 3.24. The lowest BCUT2D eigenvalue weighted by atomic mass is 10.0. The van der Waals surface area contributed by atoms with E-state index in [1.807, 2.05) is 0 Å². The molecule has 0 unspecified atom stereocenters. The molecular weight excluding hydrogens is 328 g/mol. The van der Waals surface area contributed by atoms with Crippen molar-refractivity contribution in [2.45, 2.75) is 6.92 Å². The molecule has 0 radical (unpaired) electrons. The molecule has 5 nitrogen and oxygen atoms in total. The highest BCUT2D eigenvalue weighted by Gasteiger charge is 2.21. The number of aryl methyl sites for hydroxylation is 1. The maximum absolute atomic E-state index is 12.1. The summed E-state index contributed by atoms with van der Waals surface area (Å²) >= 11 is 6.22. The Morgan fingerprint density at radius 3 is 2.68 bits per heavy atom. The van der Waals surface area contributed by atoms with E-state index in [4.69, 9.17) is 20.8 Å². The van der Waals surface area contributed by atoms with Gasteiger partial charge in [-0.05, 0) is 19.1 Å². The molecule has 2 rings (SSSR count). The van der Waals surface area contributed by atoms with Gasteiger partial charge in [0.2, 0.25) is 0 Å². The van der Waals surface area contributed by atoms with Gasteiger partial charge in [0.1, 0.15) is 16.9 Å². The Morgan fingerprint density at radius 2 is 2.09 bits per heavy atom. The zero-order valence-corrected chi connectivity index (χ0v) is 13.9. The van der Waals surface area contributed by atoms with E-state index in [9.17, 15) is 13.2 Å². The fraction of sp³-hybridized carbons (Fsp3) is 0.267. The van der Waals surface area contributed by atoms with Gasteiger partial charge in [0, 0.05) is 22.2 Å². The van der Waals surface area contributed by atoms with Gasteiger partial charge in [-0.2, -0.15) is 0 Å². The quantitative estimate of drug-likeness (QED) is 0.797. The number of sulfone groups is 1. The van der Waals surface area contributed by atoms with Gasteiger partial charge >= 0.3 is 5.97 Å². The third kappa shape index (κ3) is 3.51. The Balaban J connectivity index is 2.65. The molecule has 0 spiro atoms. The van der Waals surface area contributed by atoms with Crippen LogP contribution in [0.3, 0.4) is 0 Å². The van der Waals surface area contributed by atoms with Crippen LogP contribution < -0.4 is 0 Å². The van der Waals surface area contributed by atoms with Crippen LogP contribution in [0.15, 0.2) is 22.6 Å². The van der Waals surface area contributed by atoms with Crippen molar-refractivity contribution >= 4 is 44.5 Å². The summed E-state index contributed by atoms with van der Waals surface area (Å²) in [6, 6.07) is 3.43. The fourth-order valence-corrected chi connectivity index (χ4v) is 2.82. The van der Waals surface area contributed by atoms with Crippen molar-refractivity contribution in [1.29, 1.82) is 0 Å². The zero-order chi connectivity index (χ0) is 16.5. The van der Waals surface area contributed by atoms with E-state index in [0.29, 0.717) is 27.3 Å². The Morgan fingerprint density at radius 1 is 1.41 bits per heavy atom. The van der Waals surface area contributed by atoms with Crippen LogP contribution in [0.1, 0.15) is 21.7 Å². The Bertz CT molecular complexity index is 862. The van der Waals surface area contributed by atoms with E-state index >= 15 is 0 Å². The minimum Gasteiger partial charge on any atom is -0.465 e. The van der Waals surface area contributed by atoms with Crippen LogP contribution in [-0.2, 0) is 14.6 Å². The number of rotatable bonds is 4. The monoisotopic (exact) mass is 342 g/mol. The lowest BCUT2D eigenvalue weighted by Crippen LogP contribution is -2.05. The summed E-state index contributed by atoms with van der Waals surface area (Å²) in [5.74, 6) is -0.117. The molecule has 22 heavy (non-hydrogen) atoms. The van der Waals surface area contributed by atoms with Gasteiger partial charge in [0.25, 0.3) is 0 Å². The van der Waals surface area contributed by atoms with Crippen LogP contribution in [0.5, 0.6) is 0 Å². The van der Waals surface area contributed by atoms with E-state index in [2.05, 4.69) is 0 Å². The first-order valence-electron chi connectivity index (χ1n) is 6.38. The molecule has 0 aliphatic rings. The summed E-state index contributed by atoms with van der Waals surface area (Å²) < 4.78 is 32.7. The van der Waals surface area contributed by atoms with Crippen molar-refractivity contribution in [3.8, 4) is 0 Å². The molecule has 0 saturated carbocycles. The number of esters is 1. The fourth-order valence-electron chi connectivity index (χ4n) is 2.10. The Labute approximate surface area is 133 Å². The lowest BCUT2D eigenvalue weighted by Gasteiger charge is -2.07. The van der Waals surface area contributed by atoms with E-state index in [1.54, 1.807) is 19.1 Å². The Kier molecular flexibility index (Phi) is 4.63. The van der Waals surface area contributed by atoms with Crippen molar-refractivity contribution in [2.24, 2.45) is 0 Å². The van der Waals surface area contributed by atoms with Gasteiger partial charge in [-0.15, -0.1) is 0 Å².